The van der Waals surface area contributed by atoms with Crippen LogP contribution in [0.25, 0.3) is 54.2 Å². The van der Waals surface area contributed by atoms with Gasteiger partial charge in [0, 0.05) is 5.41 Å². The van der Waals surface area contributed by atoms with Crippen LogP contribution in [0.3, 0.4) is 0 Å². The summed E-state index contributed by atoms with van der Waals surface area (Å²) in [5.74, 6) is 0. The van der Waals surface area contributed by atoms with Crippen molar-refractivity contribution in [1.29, 1.82) is 0 Å². The van der Waals surface area contributed by atoms with Gasteiger partial charge in [0.05, 0.1) is 11.2 Å². The lowest BCUT2D eigenvalue weighted by atomic mass is 9.62. The molecule has 0 spiro atoms. The van der Waals surface area contributed by atoms with E-state index in [2.05, 4.69) is 133 Å². The largest absolute Gasteiger partial charge is 0.496 e. The van der Waals surface area contributed by atoms with Crippen LogP contribution >= 0.6 is 0 Å². The van der Waals surface area contributed by atoms with Crippen molar-refractivity contribution in [1.82, 2.24) is 0 Å². The van der Waals surface area contributed by atoms with E-state index in [1.165, 1.54) is 65.3 Å². The molecule has 40 heavy (non-hydrogen) atoms. The Bertz CT molecular complexity index is 2030. The monoisotopic (exact) mass is 520 g/mol. The van der Waals surface area contributed by atoms with Crippen molar-refractivity contribution in [3.05, 3.63) is 102 Å². The Morgan fingerprint density at radius 1 is 0.475 bits per heavy atom. The molecule has 0 atom stereocenters. The van der Waals surface area contributed by atoms with Crippen molar-refractivity contribution >= 4 is 55.7 Å². The highest BCUT2D eigenvalue weighted by Crippen LogP contribution is 2.55. The number of fused-ring (bicyclic) bond motifs is 9. The number of hydrogen-bond donors (Lipinski definition) is 0. The first-order valence-electron chi connectivity index (χ1n) is 14.4. The Morgan fingerprint density at radius 3 is 1.57 bits per heavy atom. The van der Waals surface area contributed by atoms with Gasteiger partial charge in [-0.15, -0.1) is 0 Å². The van der Waals surface area contributed by atoms with Crippen LogP contribution in [-0.4, -0.2) is 18.3 Å². The molecule has 3 heteroatoms. The van der Waals surface area contributed by atoms with Crippen molar-refractivity contribution in [2.75, 3.05) is 0 Å². The van der Waals surface area contributed by atoms with Crippen LogP contribution in [0.2, 0.25) is 0 Å². The molecule has 2 aliphatic rings. The van der Waals surface area contributed by atoms with E-state index in [0.717, 1.165) is 5.46 Å². The van der Waals surface area contributed by atoms with Crippen LogP contribution < -0.4 is 5.46 Å². The van der Waals surface area contributed by atoms with Gasteiger partial charge in [-0.1, -0.05) is 105 Å². The van der Waals surface area contributed by atoms with Crippen molar-refractivity contribution in [2.45, 2.75) is 58.2 Å². The van der Waals surface area contributed by atoms with E-state index >= 15 is 0 Å². The summed E-state index contributed by atoms with van der Waals surface area (Å²) in [6.45, 7) is 13.4. The van der Waals surface area contributed by atoms with Crippen LogP contribution in [0.15, 0.2) is 91.0 Å². The van der Waals surface area contributed by atoms with Gasteiger partial charge in [-0.3, -0.25) is 0 Å². The standard InChI is InChI=1S/C37H33BO2/c1-35(2)32-25-17-10-8-15-23(25)22-14-7-9-16-24(22)30(32)28-20-13-21-29-31(28)33(35)26-18-11-12-19-27(26)34(29)38-39-36(3,4)37(5,6)40-38/h7-21H,1-6H3. The van der Waals surface area contributed by atoms with Gasteiger partial charge in [-0.2, -0.15) is 0 Å². The highest BCUT2D eigenvalue weighted by Gasteiger charge is 2.53. The summed E-state index contributed by atoms with van der Waals surface area (Å²) < 4.78 is 13.4. The van der Waals surface area contributed by atoms with Gasteiger partial charge in [0.25, 0.3) is 0 Å². The van der Waals surface area contributed by atoms with Crippen molar-refractivity contribution in [2.24, 2.45) is 0 Å². The molecule has 196 valence electrons. The fraction of sp³-hybridized carbons (Fsp3) is 0.243. The summed E-state index contributed by atoms with van der Waals surface area (Å²) in [7, 11) is -0.447. The first-order valence-corrected chi connectivity index (χ1v) is 14.4. The third kappa shape index (κ3) is 2.92. The number of rotatable bonds is 1. The fourth-order valence-corrected chi connectivity index (χ4v) is 7.53. The molecular formula is C37H33BO2. The van der Waals surface area contributed by atoms with Crippen LogP contribution in [0.5, 0.6) is 0 Å². The fourth-order valence-electron chi connectivity index (χ4n) is 7.53. The van der Waals surface area contributed by atoms with E-state index in [4.69, 9.17) is 9.31 Å². The summed E-state index contributed by atoms with van der Waals surface area (Å²) in [5.41, 5.74) is 5.52. The average Bonchev–Trinajstić information content (AvgIpc) is 3.15. The van der Waals surface area contributed by atoms with Gasteiger partial charge in [-0.05, 0) is 98.5 Å². The van der Waals surface area contributed by atoms with Gasteiger partial charge >= 0.3 is 7.12 Å². The van der Waals surface area contributed by atoms with E-state index < -0.39 is 18.3 Å². The molecule has 0 unspecified atom stereocenters. The Kier molecular flexibility index (Phi) is 4.68. The van der Waals surface area contributed by atoms with E-state index in [0.29, 0.717) is 0 Å². The summed E-state index contributed by atoms with van der Waals surface area (Å²) in [6, 6.07) is 33.5. The molecule has 2 nitrogen and oxygen atoms in total. The predicted molar refractivity (Wildman–Crippen MR) is 170 cm³/mol. The minimum Gasteiger partial charge on any atom is -0.399 e. The zero-order valence-corrected chi connectivity index (χ0v) is 24.1. The van der Waals surface area contributed by atoms with Crippen LogP contribution in [-0.2, 0) is 14.7 Å². The maximum absolute atomic E-state index is 6.72. The molecule has 0 radical (unpaired) electrons. The molecule has 0 aromatic heterocycles. The predicted octanol–water partition coefficient (Wildman–Crippen LogP) is 8.90. The first-order chi connectivity index (χ1) is 19.1. The lowest BCUT2D eigenvalue weighted by Gasteiger charge is -2.39. The molecule has 1 fully saturated rings. The van der Waals surface area contributed by atoms with Gasteiger partial charge in [0.1, 0.15) is 0 Å². The Morgan fingerprint density at radius 2 is 0.950 bits per heavy atom. The van der Waals surface area contributed by atoms with Crippen molar-refractivity contribution in [3.63, 3.8) is 0 Å². The van der Waals surface area contributed by atoms with Gasteiger partial charge < -0.3 is 9.31 Å². The Hall–Kier alpha value is -3.66. The summed E-state index contributed by atoms with van der Waals surface area (Å²) in [5, 5.41) is 10.3. The molecule has 1 heterocycles. The van der Waals surface area contributed by atoms with Crippen LogP contribution in [0.4, 0.5) is 0 Å². The molecule has 0 amide bonds. The average molecular weight is 520 g/mol. The molecular weight excluding hydrogens is 487 g/mol. The van der Waals surface area contributed by atoms with E-state index in [-0.39, 0.29) is 5.41 Å². The molecule has 6 aromatic carbocycles. The molecule has 0 bridgehead atoms. The normalized spacial score (nSPS) is 18.6. The molecule has 1 aliphatic heterocycles. The highest BCUT2D eigenvalue weighted by molar-refractivity contribution is 6.68. The molecule has 8 rings (SSSR count). The molecule has 1 aliphatic carbocycles. The van der Waals surface area contributed by atoms with Crippen molar-refractivity contribution < 1.29 is 9.31 Å². The third-order valence-corrected chi connectivity index (χ3v) is 10.0. The Balaban J connectivity index is 1.60. The summed E-state index contributed by atoms with van der Waals surface area (Å²) in [6.07, 6.45) is 0. The van der Waals surface area contributed by atoms with E-state index in [1.807, 2.05) is 0 Å². The van der Waals surface area contributed by atoms with Crippen molar-refractivity contribution in [3.8, 4) is 11.1 Å². The molecule has 6 aromatic rings. The van der Waals surface area contributed by atoms with E-state index in [1.54, 1.807) is 0 Å². The van der Waals surface area contributed by atoms with Gasteiger partial charge in [0.15, 0.2) is 0 Å². The number of benzene rings is 6. The minimum atomic E-state index is -0.447. The number of hydrogen-bond acceptors (Lipinski definition) is 2. The quantitative estimate of drug-likeness (QED) is 0.122. The second-order valence-electron chi connectivity index (χ2n) is 13.1. The lowest BCUT2D eigenvalue weighted by Crippen LogP contribution is -2.41. The lowest BCUT2D eigenvalue weighted by molar-refractivity contribution is 0.00578. The Labute approximate surface area is 236 Å². The molecule has 0 saturated carbocycles. The SMILES string of the molecule is CC1(C)c2c(c3ccccc3c3ccccc23)-c2cccc3c(B4OC(C)(C)C(C)(C)O4)c4ccccc4c1c23. The second-order valence-corrected chi connectivity index (χ2v) is 13.1. The minimum absolute atomic E-state index is 0.236. The molecule has 1 saturated heterocycles. The van der Waals surface area contributed by atoms with Crippen LogP contribution in [0, 0.1) is 0 Å². The smallest absolute Gasteiger partial charge is 0.399 e. The second kappa shape index (κ2) is 7.75. The maximum atomic E-state index is 6.72. The topological polar surface area (TPSA) is 18.5 Å². The third-order valence-electron chi connectivity index (χ3n) is 10.0. The summed E-state index contributed by atoms with van der Waals surface area (Å²) in [4.78, 5) is 0. The first kappa shape index (κ1) is 24.2. The zero-order valence-electron chi connectivity index (χ0n) is 24.1. The summed E-state index contributed by atoms with van der Waals surface area (Å²) >= 11 is 0. The van der Waals surface area contributed by atoms with E-state index in [9.17, 15) is 0 Å². The van der Waals surface area contributed by atoms with Gasteiger partial charge in [0.2, 0.25) is 0 Å². The molecule has 0 N–H and O–H groups in total. The van der Waals surface area contributed by atoms with Gasteiger partial charge in [-0.25, -0.2) is 0 Å². The highest BCUT2D eigenvalue weighted by atomic mass is 16.7. The maximum Gasteiger partial charge on any atom is 0.496 e. The zero-order chi connectivity index (χ0) is 27.6. The van der Waals surface area contributed by atoms with Crippen LogP contribution in [0.1, 0.15) is 52.7 Å².